The molecule has 20 heavy (non-hydrogen) atoms. The Balaban J connectivity index is 2.27. The standard InChI is InChI=1S/C16H24BrNO2/c1-10(18)12-8-11(17)6-7-13(12)19-14-9-15(2,3)20-16(14,4)5/h6-8,10,14H,9,18H2,1-5H3/t10-,14?/m1/s1. The van der Waals surface area contributed by atoms with Gasteiger partial charge in [0.05, 0.1) is 5.60 Å². The Labute approximate surface area is 130 Å². The van der Waals surface area contributed by atoms with Crippen LogP contribution in [0.1, 0.15) is 52.6 Å². The first-order chi connectivity index (χ1) is 9.11. The Morgan fingerprint density at radius 3 is 2.50 bits per heavy atom. The quantitative estimate of drug-likeness (QED) is 0.896. The largest absolute Gasteiger partial charge is 0.487 e. The highest BCUT2D eigenvalue weighted by Gasteiger charge is 2.47. The predicted octanol–water partition coefficient (Wildman–Crippen LogP) is 4.19. The summed E-state index contributed by atoms with van der Waals surface area (Å²) in [4.78, 5) is 0. The monoisotopic (exact) mass is 341 g/mol. The zero-order valence-corrected chi connectivity index (χ0v) is 14.5. The van der Waals surface area contributed by atoms with Crippen LogP contribution in [0.25, 0.3) is 0 Å². The van der Waals surface area contributed by atoms with E-state index in [0.29, 0.717) is 0 Å². The summed E-state index contributed by atoms with van der Waals surface area (Å²) in [5.74, 6) is 0.850. The van der Waals surface area contributed by atoms with Crippen molar-refractivity contribution < 1.29 is 9.47 Å². The summed E-state index contributed by atoms with van der Waals surface area (Å²) in [5, 5.41) is 0. The Bertz CT molecular complexity index is 497. The van der Waals surface area contributed by atoms with Crippen LogP contribution in [0.3, 0.4) is 0 Å². The second-order valence-electron chi connectivity index (χ2n) is 6.75. The Hall–Kier alpha value is -0.580. The van der Waals surface area contributed by atoms with Crippen molar-refractivity contribution in [3.05, 3.63) is 28.2 Å². The van der Waals surface area contributed by atoms with Gasteiger partial charge in [-0.3, -0.25) is 0 Å². The number of nitrogens with two attached hydrogens (primary N) is 1. The first kappa shape index (κ1) is 15.8. The molecule has 1 aromatic rings. The van der Waals surface area contributed by atoms with Gasteiger partial charge in [0.15, 0.2) is 0 Å². The molecule has 4 heteroatoms. The van der Waals surface area contributed by atoms with Gasteiger partial charge >= 0.3 is 0 Å². The third-order valence-corrected chi connectivity index (χ3v) is 4.22. The van der Waals surface area contributed by atoms with Gasteiger partial charge in [0.25, 0.3) is 0 Å². The minimum atomic E-state index is -0.300. The van der Waals surface area contributed by atoms with Crippen LogP contribution in [0.4, 0.5) is 0 Å². The van der Waals surface area contributed by atoms with E-state index in [1.165, 1.54) is 0 Å². The van der Waals surface area contributed by atoms with Crippen molar-refractivity contribution >= 4 is 15.9 Å². The van der Waals surface area contributed by atoms with Gasteiger partial charge in [0, 0.05) is 22.5 Å². The number of halogens is 1. The van der Waals surface area contributed by atoms with Crippen LogP contribution in [0, 0.1) is 0 Å². The molecule has 1 unspecified atom stereocenters. The van der Waals surface area contributed by atoms with Gasteiger partial charge in [-0.05, 0) is 52.8 Å². The van der Waals surface area contributed by atoms with Gasteiger partial charge in [0.1, 0.15) is 17.5 Å². The maximum atomic E-state index is 6.25. The highest BCUT2D eigenvalue weighted by molar-refractivity contribution is 9.10. The van der Waals surface area contributed by atoms with E-state index in [9.17, 15) is 0 Å². The molecule has 0 aromatic heterocycles. The van der Waals surface area contributed by atoms with Crippen LogP contribution in [-0.4, -0.2) is 17.3 Å². The molecule has 0 radical (unpaired) electrons. The van der Waals surface area contributed by atoms with E-state index in [2.05, 4.69) is 43.6 Å². The van der Waals surface area contributed by atoms with E-state index in [4.69, 9.17) is 15.2 Å². The molecule has 112 valence electrons. The molecule has 3 nitrogen and oxygen atoms in total. The number of hydrogen-bond donors (Lipinski definition) is 1. The van der Waals surface area contributed by atoms with Crippen LogP contribution in [0.5, 0.6) is 5.75 Å². The first-order valence-corrected chi connectivity index (χ1v) is 7.82. The zero-order valence-electron chi connectivity index (χ0n) is 12.9. The lowest BCUT2D eigenvalue weighted by Gasteiger charge is -2.28. The minimum absolute atomic E-state index is 0.0242. The molecule has 1 saturated heterocycles. The smallest absolute Gasteiger partial charge is 0.130 e. The molecular formula is C16H24BrNO2. The van der Waals surface area contributed by atoms with Crippen molar-refractivity contribution in [1.29, 1.82) is 0 Å². The Morgan fingerprint density at radius 1 is 1.35 bits per heavy atom. The number of ether oxygens (including phenoxy) is 2. The maximum absolute atomic E-state index is 6.25. The number of hydrogen-bond acceptors (Lipinski definition) is 3. The fourth-order valence-electron chi connectivity index (χ4n) is 2.83. The molecule has 0 aliphatic carbocycles. The molecule has 1 fully saturated rings. The molecule has 2 rings (SSSR count). The molecule has 1 aliphatic heterocycles. The SMILES string of the molecule is C[C@@H](N)c1cc(Br)ccc1OC1CC(C)(C)OC1(C)C. The lowest BCUT2D eigenvalue weighted by molar-refractivity contribution is -0.0847. The summed E-state index contributed by atoms with van der Waals surface area (Å²) in [5.41, 5.74) is 6.61. The van der Waals surface area contributed by atoms with Crippen molar-refractivity contribution in [2.24, 2.45) is 5.73 Å². The van der Waals surface area contributed by atoms with E-state index in [0.717, 1.165) is 22.2 Å². The maximum Gasteiger partial charge on any atom is 0.130 e. The molecule has 2 atom stereocenters. The van der Waals surface area contributed by atoms with E-state index in [-0.39, 0.29) is 23.3 Å². The van der Waals surface area contributed by atoms with Gasteiger partial charge in [-0.2, -0.15) is 0 Å². The fourth-order valence-corrected chi connectivity index (χ4v) is 3.21. The normalized spacial score (nSPS) is 25.4. The summed E-state index contributed by atoms with van der Waals surface area (Å²) in [7, 11) is 0. The molecule has 2 N–H and O–H groups in total. The lowest BCUT2D eigenvalue weighted by Crippen LogP contribution is -2.37. The Morgan fingerprint density at radius 2 is 2.00 bits per heavy atom. The predicted molar refractivity (Wildman–Crippen MR) is 85.0 cm³/mol. The van der Waals surface area contributed by atoms with Crippen molar-refractivity contribution in [2.45, 2.75) is 64.4 Å². The first-order valence-electron chi connectivity index (χ1n) is 7.02. The molecule has 1 aliphatic rings. The van der Waals surface area contributed by atoms with Crippen LogP contribution in [-0.2, 0) is 4.74 Å². The van der Waals surface area contributed by atoms with Crippen molar-refractivity contribution in [1.82, 2.24) is 0 Å². The summed E-state index contributed by atoms with van der Waals surface area (Å²) in [6.45, 7) is 10.3. The second-order valence-corrected chi connectivity index (χ2v) is 7.66. The molecule has 0 saturated carbocycles. The average Bonchev–Trinajstić information content (AvgIpc) is 2.48. The van der Waals surface area contributed by atoms with Gasteiger partial charge in [0.2, 0.25) is 0 Å². The van der Waals surface area contributed by atoms with Crippen LogP contribution in [0.2, 0.25) is 0 Å². The van der Waals surface area contributed by atoms with E-state index >= 15 is 0 Å². The summed E-state index contributed by atoms with van der Waals surface area (Å²) >= 11 is 3.48. The third kappa shape index (κ3) is 3.35. The topological polar surface area (TPSA) is 44.5 Å². The van der Waals surface area contributed by atoms with Crippen LogP contribution >= 0.6 is 15.9 Å². The van der Waals surface area contributed by atoms with Gasteiger partial charge in [-0.25, -0.2) is 0 Å². The number of benzene rings is 1. The van der Waals surface area contributed by atoms with Gasteiger partial charge < -0.3 is 15.2 Å². The third-order valence-electron chi connectivity index (χ3n) is 3.72. The van der Waals surface area contributed by atoms with E-state index < -0.39 is 0 Å². The molecule has 1 heterocycles. The summed E-state index contributed by atoms with van der Waals surface area (Å²) < 4.78 is 13.3. The molecule has 0 bridgehead atoms. The van der Waals surface area contributed by atoms with E-state index in [1.807, 2.05) is 25.1 Å². The van der Waals surface area contributed by atoms with Crippen molar-refractivity contribution in [2.75, 3.05) is 0 Å². The van der Waals surface area contributed by atoms with Crippen molar-refractivity contribution in [3.63, 3.8) is 0 Å². The van der Waals surface area contributed by atoms with Crippen LogP contribution in [0.15, 0.2) is 22.7 Å². The average molecular weight is 342 g/mol. The van der Waals surface area contributed by atoms with Gasteiger partial charge in [-0.1, -0.05) is 15.9 Å². The second kappa shape index (κ2) is 5.32. The Kier molecular flexibility index (Phi) is 4.20. The number of rotatable bonds is 3. The molecule has 0 spiro atoms. The lowest BCUT2D eigenvalue weighted by atomic mass is 9.97. The molecular weight excluding hydrogens is 318 g/mol. The molecule has 1 aromatic carbocycles. The minimum Gasteiger partial charge on any atom is -0.487 e. The zero-order chi connectivity index (χ0) is 15.1. The van der Waals surface area contributed by atoms with Crippen LogP contribution < -0.4 is 10.5 Å². The van der Waals surface area contributed by atoms with Gasteiger partial charge in [-0.15, -0.1) is 0 Å². The highest BCUT2D eigenvalue weighted by atomic mass is 79.9. The molecule has 0 amide bonds. The summed E-state index contributed by atoms with van der Waals surface area (Å²) in [6, 6.07) is 5.91. The highest BCUT2D eigenvalue weighted by Crippen LogP contribution is 2.40. The van der Waals surface area contributed by atoms with E-state index in [1.54, 1.807) is 0 Å². The summed E-state index contributed by atoms with van der Waals surface area (Å²) in [6.07, 6.45) is 0.894. The van der Waals surface area contributed by atoms with Crippen molar-refractivity contribution in [3.8, 4) is 5.75 Å². The fraction of sp³-hybridized carbons (Fsp3) is 0.625.